The van der Waals surface area contributed by atoms with Crippen molar-refractivity contribution in [2.75, 3.05) is 37.0 Å². The average Bonchev–Trinajstić information content (AvgIpc) is 2.35. The van der Waals surface area contributed by atoms with Crippen LogP contribution in [-0.4, -0.2) is 47.8 Å². The summed E-state index contributed by atoms with van der Waals surface area (Å²) in [4.78, 5) is 14.4. The molecule has 1 heterocycles. The van der Waals surface area contributed by atoms with Crippen LogP contribution in [0.3, 0.4) is 0 Å². The topological polar surface area (TPSA) is 63.2 Å². The van der Waals surface area contributed by atoms with Gasteiger partial charge in [0.2, 0.25) is 17.2 Å². The minimum absolute atomic E-state index is 0.195. The summed E-state index contributed by atoms with van der Waals surface area (Å²) in [5, 5.41) is 3.29. The first-order chi connectivity index (χ1) is 9.02. The van der Waals surface area contributed by atoms with Crippen molar-refractivity contribution in [2.24, 2.45) is 0 Å². The molecule has 0 bridgehead atoms. The Balaban J connectivity index is 2.62. The van der Waals surface area contributed by atoms with Crippen molar-refractivity contribution in [1.29, 1.82) is 0 Å². The van der Waals surface area contributed by atoms with Gasteiger partial charge in [0.15, 0.2) is 0 Å². The molecule has 0 aliphatic carbocycles. The van der Waals surface area contributed by atoms with Gasteiger partial charge in [-0.3, -0.25) is 0 Å². The maximum Gasteiger partial charge on any atom is 0.231 e. The fraction of sp³-hybridized carbons (Fsp3) is 0.750. The van der Waals surface area contributed by atoms with E-state index in [1.54, 1.807) is 0 Å². The first-order valence-electron chi connectivity index (χ1n) is 6.51. The van der Waals surface area contributed by atoms with E-state index in [1.165, 1.54) is 0 Å². The molecular weight excluding hydrogens is 266 g/mol. The number of nitrogens with one attached hydrogen (secondary N) is 1. The van der Waals surface area contributed by atoms with E-state index in [2.05, 4.69) is 27.2 Å². The van der Waals surface area contributed by atoms with Crippen molar-refractivity contribution in [3.8, 4) is 0 Å². The molecule has 1 aromatic rings. The summed E-state index contributed by atoms with van der Waals surface area (Å²) < 4.78 is 5.50. The van der Waals surface area contributed by atoms with Crippen molar-refractivity contribution in [1.82, 2.24) is 15.0 Å². The Morgan fingerprint density at radius 1 is 1.32 bits per heavy atom. The van der Waals surface area contributed by atoms with Crippen LogP contribution >= 0.6 is 11.6 Å². The van der Waals surface area contributed by atoms with E-state index in [9.17, 15) is 0 Å². The molecule has 1 aromatic heterocycles. The molecule has 0 aliphatic heterocycles. The van der Waals surface area contributed by atoms with Crippen molar-refractivity contribution in [2.45, 2.75) is 33.3 Å². The van der Waals surface area contributed by atoms with Gasteiger partial charge in [0, 0.05) is 20.1 Å². The highest BCUT2D eigenvalue weighted by Gasteiger charge is 2.09. The van der Waals surface area contributed by atoms with Gasteiger partial charge in [-0.1, -0.05) is 6.92 Å². The number of rotatable bonds is 8. The van der Waals surface area contributed by atoms with Crippen LogP contribution in [-0.2, 0) is 4.74 Å². The second-order valence-electron chi connectivity index (χ2n) is 4.50. The van der Waals surface area contributed by atoms with E-state index < -0.39 is 0 Å². The third kappa shape index (κ3) is 6.02. The zero-order valence-electron chi connectivity index (χ0n) is 12.0. The molecule has 0 spiro atoms. The van der Waals surface area contributed by atoms with E-state index in [-0.39, 0.29) is 11.4 Å². The Hall–Kier alpha value is -1.14. The molecule has 1 rings (SSSR count). The molecule has 108 valence electrons. The van der Waals surface area contributed by atoms with Crippen LogP contribution in [0.4, 0.5) is 11.9 Å². The Morgan fingerprint density at radius 3 is 2.68 bits per heavy atom. The maximum atomic E-state index is 5.90. The monoisotopic (exact) mass is 287 g/mol. The van der Waals surface area contributed by atoms with Crippen LogP contribution in [0.25, 0.3) is 0 Å². The highest BCUT2D eigenvalue weighted by atomic mass is 35.5. The van der Waals surface area contributed by atoms with Crippen molar-refractivity contribution in [3.05, 3.63) is 5.28 Å². The number of nitrogens with zero attached hydrogens (tertiary/aromatic N) is 4. The molecular formula is C12H22ClN5O. The number of hydrogen-bond acceptors (Lipinski definition) is 6. The first-order valence-corrected chi connectivity index (χ1v) is 6.89. The molecule has 0 saturated carbocycles. The van der Waals surface area contributed by atoms with Gasteiger partial charge in [0.25, 0.3) is 0 Å². The first kappa shape index (κ1) is 15.9. The van der Waals surface area contributed by atoms with Gasteiger partial charge >= 0.3 is 0 Å². The summed E-state index contributed by atoms with van der Waals surface area (Å²) in [6, 6.07) is 0. The minimum Gasteiger partial charge on any atom is -0.377 e. The van der Waals surface area contributed by atoms with Gasteiger partial charge in [-0.25, -0.2) is 0 Å². The third-order valence-corrected chi connectivity index (χ3v) is 2.52. The van der Waals surface area contributed by atoms with Gasteiger partial charge in [-0.2, -0.15) is 15.0 Å². The van der Waals surface area contributed by atoms with Crippen LogP contribution in [0.15, 0.2) is 0 Å². The Kier molecular flexibility index (Phi) is 6.80. The standard InChI is InChI=1S/C12H22ClN5O/c1-5-6-14-11-15-10(13)16-12(17-11)18(4)7-8-19-9(2)3/h9H,5-8H2,1-4H3,(H,14,15,16,17). The molecule has 0 amide bonds. The zero-order chi connectivity index (χ0) is 14.3. The second-order valence-corrected chi connectivity index (χ2v) is 4.83. The molecule has 1 N–H and O–H groups in total. The Bertz CT molecular complexity index is 388. The van der Waals surface area contributed by atoms with E-state index in [1.807, 2.05) is 25.8 Å². The molecule has 0 aromatic carbocycles. The molecule has 0 atom stereocenters. The molecule has 0 saturated heterocycles. The highest BCUT2D eigenvalue weighted by Crippen LogP contribution is 2.12. The predicted octanol–water partition coefficient (Wildman–Crippen LogP) is 2.21. The van der Waals surface area contributed by atoms with Crippen LogP contribution in [0, 0.1) is 0 Å². The summed E-state index contributed by atoms with van der Waals surface area (Å²) in [6.45, 7) is 8.21. The van der Waals surface area contributed by atoms with Crippen molar-refractivity contribution < 1.29 is 4.74 Å². The van der Waals surface area contributed by atoms with Gasteiger partial charge in [0.1, 0.15) is 0 Å². The summed E-state index contributed by atoms with van der Waals surface area (Å²) in [5.41, 5.74) is 0. The number of halogens is 1. The number of anilines is 2. The molecule has 0 unspecified atom stereocenters. The number of ether oxygens (including phenoxy) is 1. The molecule has 7 heteroatoms. The van der Waals surface area contributed by atoms with Crippen LogP contribution < -0.4 is 10.2 Å². The highest BCUT2D eigenvalue weighted by molar-refractivity contribution is 6.28. The summed E-state index contributed by atoms with van der Waals surface area (Å²) in [6.07, 6.45) is 1.22. The average molecular weight is 288 g/mol. The van der Waals surface area contributed by atoms with Crippen molar-refractivity contribution in [3.63, 3.8) is 0 Å². The Morgan fingerprint density at radius 2 is 2.05 bits per heavy atom. The maximum absolute atomic E-state index is 5.90. The van der Waals surface area contributed by atoms with Crippen LogP contribution in [0.2, 0.25) is 5.28 Å². The van der Waals surface area contributed by atoms with Gasteiger partial charge in [0.05, 0.1) is 12.7 Å². The fourth-order valence-corrected chi connectivity index (χ4v) is 1.51. The number of likely N-dealkylation sites (N-methyl/N-ethyl adjacent to an activating group) is 1. The molecule has 0 aliphatic rings. The van der Waals surface area contributed by atoms with Gasteiger partial charge in [-0.15, -0.1) is 0 Å². The van der Waals surface area contributed by atoms with Crippen molar-refractivity contribution >= 4 is 23.5 Å². The number of aromatic nitrogens is 3. The summed E-state index contributed by atoms with van der Waals surface area (Å²) in [5.74, 6) is 1.06. The molecule has 0 radical (unpaired) electrons. The smallest absolute Gasteiger partial charge is 0.231 e. The van der Waals surface area contributed by atoms with Gasteiger partial charge < -0.3 is 15.0 Å². The molecule has 0 fully saturated rings. The van der Waals surface area contributed by atoms with Gasteiger partial charge in [-0.05, 0) is 31.9 Å². The third-order valence-electron chi connectivity index (χ3n) is 2.35. The summed E-state index contributed by atoms with van der Waals surface area (Å²) >= 11 is 5.90. The van der Waals surface area contributed by atoms with Crippen LogP contribution in [0.1, 0.15) is 27.2 Å². The quantitative estimate of drug-likeness (QED) is 0.791. The fourth-order valence-electron chi connectivity index (χ4n) is 1.35. The van der Waals surface area contributed by atoms with E-state index in [4.69, 9.17) is 16.3 Å². The van der Waals surface area contributed by atoms with E-state index >= 15 is 0 Å². The SMILES string of the molecule is CCCNc1nc(Cl)nc(N(C)CCOC(C)C)n1. The lowest BCUT2D eigenvalue weighted by Crippen LogP contribution is -2.26. The van der Waals surface area contributed by atoms with Crippen LogP contribution in [0.5, 0.6) is 0 Å². The minimum atomic E-state index is 0.195. The largest absolute Gasteiger partial charge is 0.377 e. The molecule has 19 heavy (non-hydrogen) atoms. The predicted molar refractivity (Wildman–Crippen MR) is 78.0 cm³/mol. The normalized spacial score (nSPS) is 10.8. The van der Waals surface area contributed by atoms with E-state index in [0.29, 0.717) is 25.0 Å². The Labute approximate surface area is 119 Å². The van der Waals surface area contributed by atoms with E-state index in [0.717, 1.165) is 13.0 Å². The molecule has 6 nitrogen and oxygen atoms in total. The zero-order valence-corrected chi connectivity index (χ0v) is 12.7. The lowest BCUT2D eigenvalue weighted by atomic mass is 10.5. The second kappa shape index (κ2) is 8.12. The lowest BCUT2D eigenvalue weighted by molar-refractivity contribution is 0.0844. The summed E-state index contributed by atoms with van der Waals surface area (Å²) in [7, 11) is 1.90. The number of hydrogen-bond donors (Lipinski definition) is 1. The lowest BCUT2D eigenvalue weighted by Gasteiger charge is -2.18.